The fraction of sp³-hybridized carbons (Fsp3) is 0.455. The number of fused-ring (bicyclic) bond motifs is 4. The maximum atomic E-state index is 14.1. The number of aromatic nitrogens is 6. The molecule has 1 aliphatic carbocycles. The Morgan fingerprint density at radius 2 is 2.10 bits per heavy atom. The monoisotopic (exact) mass is 423 g/mol. The van der Waals surface area contributed by atoms with Crippen molar-refractivity contribution in [2.24, 2.45) is 5.92 Å². The van der Waals surface area contributed by atoms with Gasteiger partial charge in [-0.25, -0.2) is 14.4 Å². The number of methoxy groups -OCH3 is 1. The number of aryl methyl sites for hydroxylation is 2. The van der Waals surface area contributed by atoms with E-state index >= 15 is 0 Å². The van der Waals surface area contributed by atoms with E-state index in [0.717, 1.165) is 32.1 Å². The van der Waals surface area contributed by atoms with Crippen molar-refractivity contribution in [3.63, 3.8) is 0 Å². The Morgan fingerprint density at radius 1 is 1.26 bits per heavy atom. The van der Waals surface area contributed by atoms with Crippen molar-refractivity contribution in [1.82, 2.24) is 29.4 Å². The number of nitrogens with two attached hydrogens (primary N) is 1. The van der Waals surface area contributed by atoms with Gasteiger partial charge in [0.15, 0.2) is 11.5 Å². The topological polar surface area (TPSA) is 96.1 Å². The Hall–Kier alpha value is -3.23. The van der Waals surface area contributed by atoms with Crippen LogP contribution in [0.3, 0.4) is 0 Å². The van der Waals surface area contributed by atoms with E-state index in [1.807, 2.05) is 0 Å². The molecule has 162 valence electrons. The minimum atomic E-state index is -0.415. The summed E-state index contributed by atoms with van der Waals surface area (Å²) in [5.41, 5.74) is 9.68. The molecule has 0 fully saturated rings. The third-order valence-electron chi connectivity index (χ3n) is 6.09. The van der Waals surface area contributed by atoms with Crippen molar-refractivity contribution in [3.8, 4) is 5.75 Å². The zero-order valence-corrected chi connectivity index (χ0v) is 18.0. The van der Waals surface area contributed by atoms with Gasteiger partial charge in [0.25, 0.3) is 0 Å². The molecule has 1 atom stereocenters. The number of halogens is 1. The molecule has 9 heteroatoms. The first kappa shape index (κ1) is 19.7. The summed E-state index contributed by atoms with van der Waals surface area (Å²) >= 11 is 0. The number of hydrogen-bond acceptors (Lipinski definition) is 6. The Morgan fingerprint density at radius 3 is 2.87 bits per heavy atom. The third-order valence-corrected chi connectivity index (χ3v) is 6.09. The summed E-state index contributed by atoms with van der Waals surface area (Å²) in [5, 5.41) is 9.80. The molecular formula is C22H26FN7O. The van der Waals surface area contributed by atoms with Crippen LogP contribution >= 0.6 is 0 Å². The van der Waals surface area contributed by atoms with Gasteiger partial charge in [-0.15, -0.1) is 5.10 Å². The first-order valence-electron chi connectivity index (χ1n) is 10.7. The van der Waals surface area contributed by atoms with E-state index in [-0.39, 0.29) is 5.95 Å². The van der Waals surface area contributed by atoms with Crippen LogP contribution in [0.15, 0.2) is 18.3 Å². The van der Waals surface area contributed by atoms with Gasteiger partial charge in [0, 0.05) is 24.7 Å². The smallest absolute Gasteiger partial charge is 0.223 e. The van der Waals surface area contributed by atoms with Gasteiger partial charge in [-0.3, -0.25) is 4.68 Å². The van der Waals surface area contributed by atoms with Gasteiger partial charge in [-0.05, 0) is 57.1 Å². The average molecular weight is 423 g/mol. The molecule has 3 aromatic heterocycles. The second-order valence-electron chi connectivity index (χ2n) is 8.56. The van der Waals surface area contributed by atoms with E-state index in [1.165, 1.54) is 35.0 Å². The van der Waals surface area contributed by atoms with Crippen molar-refractivity contribution < 1.29 is 9.13 Å². The van der Waals surface area contributed by atoms with Crippen LogP contribution in [0.4, 0.5) is 10.3 Å². The van der Waals surface area contributed by atoms with Gasteiger partial charge in [0.05, 0.1) is 18.2 Å². The average Bonchev–Trinajstić information content (AvgIpc) is 3.37. The standard InChI is InChI=1S/C22H26FN7O/c1-12(2)29-11-14-8-13(4-6-17(14)27-29)5-7-19-25-21-16-9-15(23)10-18(31-3)20(16)26-22(24)30(21)28-19/h9-13H,4-8H2,1-3H3,(H2,24,26). The Balaban J connectivity index is 1.39. The van der Waals surface area contributed by atoms with Crippen molar-refractivity contribution in [2.45, 2.75) is 52.0 Å². The molecular weight excluding hydrogens is 397 g/mol. The SMILES string of the molecule is COc1cc(F)cc2c1nc(N)n1nc(CCC3CCc4nn(C(C)C)cc4C3)nc21. The molecule has 2 N–H and O–H groups in total. The first-order valence-corrected chi connectivity index (χ1v) is 10.7. The maximum Gasteiger partial charge on any atom is 0.223 e. The van der Waals surface area contributed by atoms with Gasteiger partial charge in [0.1, 0.15) is 17.1 Å². The summed E-state index contributed by atoms with van der Waals surface area (Å²) in [7, 11) is 1.48. The molecule has 1 unspecified atom stereocenters. The molecule has 0 radical (unpaired) electrons. The molecule has 0 saturated carbocycles. The van der Waals surface area contributed by atoms with Crippen LogP contribution in [-0.2, 0) is 19.3 Å². The van der Waals surface area contributed by atoms with E-state index in [0.29, 0.717) is 40.1 Å². The molecule has 31 heavy (non-hydrogen) atoms. The normalized spacial score (nSPS) is 16.4. The van der Waals surface area contributed by atoms with E-state index in [1.54, 1.807) is 0 Å². The van der Waals surface area contributed by atoms with Crippen molar-refractivity contribution in [2.75, 3.05) is 12.8 Å². The van der Waals surface area contributed by atoms with E-state index in [9.17, 15) is 4.39 Å². The maximum absolute atomic E-state index is 14.1. The van der Waals surface area contributed by atoms with Gasteiger partial charge in [-0.1, -0.05) is 0 Å². The number of hydrogen-bond donors (Lipinski definition) is 1. The zero-order chi connectivity index (χ0) is 21.7. The molecule has 0 bridgehead atoms. The lowest BCUT2D eigenvalue weighted by Gasteiger charge is -2.20. The fourth-order valence-corrected chi connectivity index (χ4v) is 4.42. The Bertz CT molecular complexity index is 1280. The summed E-state index contributed by atoms with van der Waals surface area (Å²) in [4.78, 5) is 9.03. The lowest BCUT2D eigenvalue weighted by molar-refractivity contribution is 0.415. The highest BCUT2D eigenvalue weighted by Crippen LogP contribution is 2.31. The highest BCUT2D eigenvalue weighted by atomic mass is 19.1. The number of ether oxygens (including phenoxy) is 1. The lowest BCUT2D eigenvalue weighted by atomic mass is 9.85. The molecule has 0 spiro atoms. The second kappa shape index (κ2) is 7.47. The molecule has 0 saturated heterocycles. The third kappa shape index (κ3) is 3.47. The van der Waals surface area contributed by atoms with Crippen molar-refractivity contribution in [3.05, 3.63) is 41.2 Å². The fourth-order valence-electron chi connectivity index (χ4n) is 4.42. The summed E-state index contributed by atoms with van der Waals surface area (Å²) in [6.07, 6.45) is 7.06. The minimum absolute atomic E-state index is 0.203. The van der Waals surface area contributed by atoms with Crippen molar-refractivity contribution >= 4 is 22.5 Å². The predicted molar refractivity (Wildman–Crippen MR) is 116 cm³/mol. The van der Waals surface area contributed by atoms with Crippen LogP contribution in [0, 0.1) is 11.7 Å². The summed E-state index contributed by atoms with van der Waals surface area (Å²) in [6.45, 7) is 4.30. The number of nitrogens with zero attached hydrogens (tertiary/aromatic N) is 6. The van der Waals surface area contributed by atoms with Crippen LogP contribution in [0.1, 0.15) is 49.8 Å². The quantitative estimate of drug-likeness (QED) is 0.528. The van der Waals surface area contributed by atoms with Gasteiger partial charge >= 0.3 is 0 Å². The van der Waals surface area contributed by atoms with Crippen molar-refractivity contribution in [1.29, 1.82) is 0 Å². The molecule has 0 amide bonds. The van der Waals surface area contributed by atoms with Gasteiger partial charge in [-0.2, -0.15) is 9.61 Å². The number of nitrogen functional groups attached to an aromatic ring is 1. The summed E-state index contributed by atoms with van der Waals surface area (Å²) in [6, 6.07) is 3.07. The van der Waals surface area contributed by atoms with Crippen LogP contribution in [-0.4, -0.2) is 36.5 Å². The number of benzene rings is 1. The van der Waals surface area contributed by atoms with Crippen LogP contribution in [0.25, 0.3) is 16.6 Å². The first-order chi connectivity index (χ1) is 14.9. The zero-order valence-electron chi connectivity index (χ0n) is 18.0. The summed E-state index contributed by atoms with van der Waals surface area (Å²) in [5.74, 6) is 1.37. The molecule has 1 aliphatic rings. The number of anilines is 1. The molecule has 0 aliphatic heterocycles. The molecule has 3 heterocycles. The Kier molecular flexibility index (Phi) is 4.75. The minimum Gasteiger partial charge on any atom is -0.494 e. The van der Waals surface area contributed by atoms with Crippen LogP contribution in [0.2, 0.25) is 0 Å². The highest BCUT2D eigenvalue weighted by Gasteiger charge is 2.23. The largest absolute Gasteiger partial charge is 0.494 e. The van der Waals surface area contributed by atoms with E-state index in [4.69, 9.17) is 15.6 Å². The molecule has 1 aromatic carbocycles. The van der Waals surface area contributed by atoms with E-state index in [2.05, 4.69) is 39.8 Å². The van der Waals surface area contributed by atoms with Crippen LogP contribution in [0.5, 0.6) is 5.75 Å². The van der Waals surface area contributed by atoms with Gasteiger partial charge in [0.2, 0.25) is 5.95 Å². The lowest BCUT2D eigenvalue weighted by Crippen LogP contribution is -2.14. The number of rotatable bonds is 5. The highest BCUT2D eigenvalue weighted by molar-refractivity contribution is 5.95. The second-order valence-corrected chi connectivity index (χ2v) is 8.56. The predicted octanol–water partition coefficient (Wildman–Crippen LogP) is 3.52. The molecule has 5 rings (SSSR count). The Labute approximate surface area is 179 Å². The van der Waals surface area contributed by atoms with E-state index < -0.39 is 5.82 Å². The van der Waals surface area contributed by atoms with Crippen LogP contribution < -0.4 is 10.5 Å². The molecule has 8 nitrogen and oxygen atoms in total. The van der Waals surface area contributed by atoms with Gasteiger partial charge < -0.3 is 10.5 Å². The molecule has 4 aromatic rings. The summed E-state index contributed by atoms with van der Waals surface area (Å²) < 4.78 is 22.9.